The second-order valence-electron chi connectivity index (χ2n) is 1.63. The van der Waals surface area contributed by atoms with Gasteiger partial charge >= 0.3 is 22.4 Å². The SMILES string of the molecule is [Ag+].[C-]#Cc1ccc(Cl)cc1. The first-order valence-corrected chi connectivity index (χ1v) is 2.89. The molecule has 0 fully saturated rings. The molecule has 0 unspecified atom stereocenters. The maximum absolute atomic E-state index is 6.72. The summed E-state index contributed by atoms with van der Waals surface area (Å²) in [7, 11) is 0. The van der Waals surface area contributed by atoms with Gasteiger partial charge in [-0.3, -0.25) is 5.92 Å². The van der Waals surface area contributed by atoms with Gasteiger partial charge in [-0.05, 0) is 0 Å². The van der Waals surface area contributed by atoms with Gasteiger partial charge in [-0.15, -0.1) is 17.7 Å². The van der Waals surface area contributed by atoms with Crippen LogP contribution < -0.4 is 0 Å². The molecule has 0 saturated carbocycles. The molecule has 0 atom stereocenters. The van der Waals surface area contributed by atoms with Gasteiger partial charge < -0.3 is 6.42 Å². The minimum Gasteiger partial charge on any atom is -0.366 e. The van der Waals surface area contributed by atoms with Gasteiger partial charge in [-0.2, -0.15) is 0 Å². The largest absolute Gasteiger partial charge is 1.00 e. The molecule has 10 heavy (non-hydrogen) atoms. The fourth-order valence-corrected chi connectivity index (χ4v) is 0.659. The smallest absolute Gasteiger partial charge is 0.366 e. The zero-order valence-corrected chi connectivity index (χ0v) is 7.23. The van der Waals surface area contributed by atoms with E-state index in [0.717, 1.165) is 5.56 Å². The third-order valence-corrected chi connectivity index (χ3v) is 1.24. The average Bonchev–Trinajstić information content (AvgIpc) is 1.90. The van der Waals surface area contributed by atoms with Crippen molar-refractivity contribution in [2.75, 3.05) is 0 Å². The van der Waals surface area contributed by atoms with Crippen LogP contribution in [0.5, 0.6) is 0 Å². The number of hydrogen-bond donors (Lipinski definition) is 0. The molecule has 0 aliphatic rings. The molecule has 0 aliphatic heterocycles. The third kappa shape index (κ3) is 2.60. The minimum atomic E-state index is 0. The normalized spacial score (nSPS) is 7.60. The van der Waals surface area contributed by atoms with Crippen LogP contribution in [0.3, 0.4) is 0 Å². The number of halogens is 1. The van der Waals surface area contributed by atoms with E-state index >= 15 is 0 Å². The molecule has 1 aromatic carbocycles. The third-order valence-electron chi connectivity index (χ3n) is 0.989. The molecule has 0 radical (unpaired) electrons. The Morgan fingerprint density at radius 1 is 1.20 bits per heavy atom. The summed E-state index contributed by atoms with van der Waals surface area (Å²) in [5.74, 6) is 2.25. The molecule has 0 amide bonds. The Hall–Kier alpha value is -0.190. The average molecular weight is 243 g/mol. The minimum absolute atomic E-state index is 0. The van der Waals surface area contributed by atoms with E-state index in [2.05, 4.69) is 5.92 Å². The van der Waals surface area contributed by atoms with Crippen molar-refractivity contribution in [3.63, 3.8) is 0 Å². The van der Waals surface area contributed by atoms with E-state index < -0.39 is 0 Å². The van der Waals surface area contributed by atoms with Gasteiger partial charge in [0.1, 0.15) is 0 Å². The standard InChI is InChI=1S/C8H4Cl.Ag/c1-2-7-3-5-8(9)6-4-7;/h3-6H;/q-1;+1. The van der Waals surface area contributed by atoms with E-state index in [1.807, 2.05) is 0 Å². The topological polar surface area (TPSA) is 0 Å². The van der Waals surface area contributed by atoms with Crippen molar-refractivity contribution in [2.45, 2.75) is 0 Å². The van der Waals surface area contributed by atoms with Crippen LogP contribution in [0.4, 0.5) is 0 Å². The molecule has 0 saturated heterocycles. The van der Waals surface area contributed by atoms with E-state index in [-0.39, 0.29) is 22.4 Å². The van der Waals surface area contributed by atoms with Crippen molar-refractivity contribution in [1.82, 2.24) is 0 Å². The van der Waals surface area contributed by atoms with E-state index in [1.54, 1.807) is 24.3 Å². The molecule has 0 bridgehead atoms. The van der Waals surface area contributed by atoms with Crippen LogP contribution >= 0.6 is 11.6 Å². The molecular weight excluding hydrogens is 239 g/mol. The predicted octanol–water partition coefficient (Wildman–Crippen LogP) is 2.28. The Labute approximate surface area is 81.1 Å². The fourth-order valence-electron chi connectivity index (χ4n) is 0.533. The molecular formula is C8H4AgCl. The number of hydrogen-bond acceptors (Lipinski definition) is 0. The van der Waals surface area contributed by atoms with Gasteiger partial charge in [0.05, 0.1) is 0 Å². The Bertz CT molecular complexity index is 232. The summed E-state index contributed by atoms with van der Waals surface area (Å²) >= 11 is 5.58. The van der Waals surface area contributed by atoms with Crippen molar-refractivity contribution in [2.24, 2.45) is 0 Å². The molecule has 1 aromatic rings. The molecule has 0 N–H and O–H groups in total. The summed E-state index contributed by atoms with van der Waals surface area (Å²) in [4.78, 5) is 0. The van der Waals surface area contributed by atoms with Crippen molar-refractivity contribution >= 4 is 11.6 Å². The van der Waals surface area contributed by atoms with Gasteiger partial charge in [0.15, 0.2) is 0 Å². The summed E-state index contributed by atoms with van der Waals surface area (Å²) < 4.78 is 0. The van der Waals surface area contributed by atoms with Gasteiger partial charge in [0.25, 0.3) is 0 Å². The quantitative estimate of drug-likeness (QED) is 0.372. The van der Waals surface area contributed by atoms with Crippen molar-refractivity contribution in [3.05, 3.63) is 41.3 Å². The van der Waals surface area contributed by atoms with Crippen LogP contribution in [-0.2, 0) is 22.4 Å². The van der Waals surface area contributed by atoms with Crippen LogP contribution in [0, 0.1) is 12.3 Å². The molecule has 0 aromatic heterocycles. The second kappa shape index (κ2) is 4.60. The predicted molar refractivity (Wildman–Crippen MR) is 37.7 cm³/mol. The molecule has 0 nitrogen and oxygen atoms in total. The molecule has 0 heterocycles. The molecule has 2 heteroatoms. The molecule has 0 spiro atoms. The Balaban J connectivity index is 0.000000810. The Morgan fingerprint density at radius 2 is 1.70 bits per heavy atom. The van der Waals surface area contributed by atoms with Crippen LogP contribution in [0.15, 0.2) is 24.3 Å². The second-order valence-corrected chi connectivity index (χ2v) is 2.07. The Kier molecular flexibility index (Phi) is 4.51. The molecule has 1 rings (SSSR count). The maximum Gasteiger partial charge on any atom is 1.00 e. The Morgan fingerprint density at radius 3 is 2.10 bits per heavy atom. The van der Waals surface area contributed by atoms with Gasteiger partial charge in [0.2, 0.25) is 0 Å². The van der Waals surface area contributed by atoms with Crippen molar-refractivity contribution < 1.29 is 22.4 Å². The zero-order chi connectivity index (χ0) is 6.69. The van der Waals surface area contributed by atoms with Crippen LogP contribution in [0.25, 0.3) is 0 Å². The summed E-state index contributed by atoms with van der Waals surface area (Å²) in [6, 6.07) is 6.96. The summed E-state index contributed by atoms with van der Waals surface area (Å²) in [6.45, 7) is 0. The summed E-state index contributed by atoms with van der Waals surface area (Å²) in [5, 5.41) is 0.689. The first-order chi connectivity index (χ1) is 4.33. The van der Waals surface area contributed by atoms with Crippen molar-refractivity contribution in [3.8, 4) is 5.92 Å². The first-order valence-electron chi connectivity index (χ1n) is 2.51. The van der Waals surface area contributed by atoms with Gasteiger partial charge in [-0.1, -0.05) is 23.7 Å². The maximum atomic E-state index is 6.72. The summed E-state index contributed by atoms with van der Waals surface area (Å²) in [6.07, 6.45) is 6.72. The van der Waals surface area contributed by atoms with Crippen LogP contribution in [0.2, 0.25) is 5.02 Å². The number of benzene rings is 1. The van der Waals surface area contributed by atoms with Crippen LogP contribution in [-0.4, -0.2) is 0 Å². The van der Waals surface area contributed by atoms with E-state index in [9.17, 15) is 0 Å². The van der Waals surface area contributed by atoms with E-state index in [1.165, 1.54) is 0 Å². The summed E-state index contributed by atoms with van der Waals surface area (Å²) in [5.41, 5.74) is 0.749. The molecule has 0 aliphatic carbocycles. The van der Waals surface area contributed by atoms with E-state index in [4.69, 9.17) is 18.0 Å². The van der Waals surface area contributed by atoms with Gasteiger partial charge in [-0.25, -0.2) is 0 Å². The number of rotatable bonds is 0. The fraction of sp³-hybridized carbons (Fsp3) is 0. The first kappa shape index (κ1) is 9.81. The van der Waals surface area contributed by atoms with Crippen LogP contribution in [0.1, 0.15) is 5.56 Å². The van der Waals surface area contributed by atoms with E-state index in [0.29, 0.717) is 5.02 Å². The zero-order valence-electron chi connectivity index (χ0n) is 4.99. The molecule has 54 valence electrons. The van der Waals surface area contributed by atoms with Crippen molar-refractivity contribution in [1.29, 1.82) is 0 Å². The monoisotopic (exact) mass is 242 g/mol. The van der Waals surface area contributed by atoms with Gasteiger partial charge in [0, 0.05) is 5.02 Å².